The van der Waals surface area contributed by atoms with Crippen molar-refractivity contribution in [2.75, 3.05) is 13.2 Å². The highest BCUT2D eigenvalue weighted by molar-refractivity contribution is 5.28. The molecule has 1 aromatic carbocycles. The summed E-state index contributed by atoms with van der Waals surface area (Å²) < 4.78 is 5.81. The van der Waals surface area contributed by atoms with Gasteiger partial charge < -0.3 is 10.1 Å². The Kier molecular flexibility index (Phi) is 7.68. The zero-order valence-electron chi connectivity index (χ0n) is 13.7. The predicted octanol–water partition coefficient (Wildman–Crippen LogP) is 4.78. The van der Waals surface area contributed by atoms with Crippen LogP contribution in [0.5, 0.6) is 5.75 Å². The molecule has 0 heterocycles. The Bertz CT molecular complexity index is 368. The minimum atomic E-state index is 0.327. The third kappa shape index (κ3) is 8.21. The lowest BCUT2D eigenvalue weighted by molar-refractivity contribution is 0.304. The molecule has 0 aliphatic carbocycles. The summed E-state index contributed by atoms with van der Waals surface area (Å²) in [4.78, 5) is 0. The van der Waals surface area contributed by atoms with Crippen LogP contribution < -0.4 is 10.1 Å². The molecule has 0 fully saturated rings. The van der Waals surface area contributed by atoms with Crippen molar-refractivity contribution in [3.63, 3.8) is 0 Å². The SMILES string of the molecule is CCCCCCOc1cccc(CNCC(C)(C)C)c1. The molecule has 0 amide bonds. The van der Waals surface area contributed by atoms with Crippen molar-refractivity contribution in [3.05, 3.63) is 29.8 Å². The molecule has 0 saturated heterocycles. The van der Waals surface area contributed by atoms with Gasteiger partial charge in [-0.15, -0.1) is 0 Å². The van der Waals surface area contributed by atoms with Crippen LogP contribution in [0.1, 0.15) is 58.9 Å². The maximum Gasteiger partial charge on any atom is 0.119 e. The largest absolute Gasteiger partial charge is 0.494 e. The fourth-order valence-electron chi connectivity index (χ4n) is 2.05. The number of ether oxygens (including phenoxy) is 1. The Labute approximate surface area is 124 Å². The number of rotatable bonds is 9. The maximum absolute atomic E-state index is 5.81. The smallest absolute Gasteiger partial charge is 0.119 e. The quantitative estimate of drug-likeness (QED) is 0.656. The zero-order valence-corrected chi connectivity index (χ0v) is 13.7. The average Bonchev–Trinajstić information content (AvgIpc) is 2.37. The molecular weight excluding hydrogens is 246 g/mol. The summed E-state index contributed by atoms with van der Waals surface area (Å²) in [7, 11) is 0. The summed E-state index contributed by atoms with van der Waals surface area (Å²) in [5.41, 5.74) is 1.62. The second-order valence-electron chi connectivity index (χ2n) is 6.72. The van der Waals surface area contributed by atoms with E-state index < -0.39 is 0 Å². The van der Waals surface area contributed by atoms with Crippen molar-refractivity contribution in [3.8, 4) is 5.75 Å². The Hall–Kier alpha value is -1.02. The van der Waals surface area contributed by atoms with Crippen LogP contribution in [0, 0.1) is 5.41 Å². The lowest BCUT2D eigenvalue weighted by atomic mass is 9.97. The normalized spacial score (nSPS) is 11.6. The van der Waals surface area contributed by atoms with E-state index in [1.165, 1.54) is 24.8 Å². The first-order valence-corrected chi connectivity index (χ1v) is 7.94. The molecule has 20 heavy (non-hydrogen) atoms. The van der Waals surface area contributed by atoms with Gasteiger partial charge in [0.2, 0.25) is 0 Å². The molecule has 114 valence electrons. The number of benzene rings is 1. The van der Waals surface area contributed by atoms with Gasteiger partial charge in [0.1, 0.15) is 5.75 Å². The Morgan fingerprint density at radius 1 is 1.10 bits per heavy atom. The number of hydrogen-bond donors (Lipinski definition) is 1. The lowest BCUT2D eigenvalue weighted by Crippen LogP contribution is -2.26. The minimum Gasteiger partial charge on any atom is -0.494 e. The van der Waals surface area contributed by atoms with Gasteiger partial charge in [-0.05, 0) is 29.5 Å². The molecule has 0 unspecified atom stereocenters. The van der Waals surface area contributed by atoms with E-state index in [1.807, 2.05) is 6.07 Å². The van der Waals surface area contributed by atoms with Crippen LogP contribution in [0.4, 0.5) is 0 Å². The van der Waals surface area contributed by atoms with Crippen LogP contribution in [0.25, 0.3) is 0 Å². The summed E-state index contributed by atoms with van der Waals surface area (Å²) in [6.45, 7) is 11.7. The van der Waals surface area contributed by atoms with Crippen molar-refractivity contribution in [1.29, 1.82) is 0 Å². The van der Waals surface area contributed by atoms with E-state index in [0.717, 1.165) is 31.9 Å². The predicted molar refractivity (Wildman–Crippen MR) is 87.2 cm³/mol. The van der Waals surface area contributed by atoms with Gasteiger partial charge in [-0.3, -0.25) is 0 Å². The molecular formula is C18H31NO. The monoisotopic (exact) mass is 277 g/mol. The van der Waals surface area contributed by atoms with Crippen LogP contribution in [0.3, 0.4) is 0 Å². The molecule has 0 spiro atoms. The first-order valence-electron chi connectivity index (χ1n) is 7.94. The van der Waals surface area contributed by atoms with Crippen molar-refractivity contribution in [1.82, 2.24) is 5.32 Å². The third-order valence-electron chi connectivity index (χ3n) is 3.15. The van der Waals surface area contributed by atoms with Crippen LogP contribution in [0.15, 0.2) is 24.3 Å². The summed E-state index contributed by atoms with van der Waals surface area (Å²) in [6, 6.07) is 8.43. The Balaban J connectivity index is 2.30. The first kappa shape index (κ1) is 17.0. The van der Waals surface area contributed by atoms with Gasteiger partial charge in [0.05, 0.1) is 6.61 Å². The summed E-state index contributed by atoms with van der Waals surface area (Å²) in [5.74, 6) is 0.997. The molecule has 1 N–H and O–H groups in total. The van der Waals surface area contributed by atoms with E-state index >= 15 is 0 Å². The van der Waals surface area contributed by atoms with E-state index in [-0.39, 0.29) is 0 Å². The van der Waals surface area contributed by atoms with E-state index in [0.29, 0.717) is 5.41 Å². The molecule has 0 atom stereocenters. The molecule has 0 saturated carbocycles. The minimum absolute atomic E-state index is 0.327. The van der Waals surface area contributed by atoms with Gasteiger partial charge in [-0.25, -0.2) is 0 Å². The van der Waals surface area contributed by atoms with Crippen molar-refractivity contribution in [2.24, 2.45) is 5.41 Å². The lowest BCUT2D eigenvalue weighted by Gasteiger charge is -2.18. The van der Waals surface area contributed by atoms with E-state index in [9.17, 15) is 0 Å². The first-order chi connectivity index (χ1) is 9.51. The van der Waals surface area contributed by atoms with Crippen LogP contribution in [-0.2, 0) is 6.54 Å². The summed E-state index contributed by atoms with van der Waals surface area (Å²) in [6.07, 6.45) is 5.00. The fraction of sp³-hybridized carbons (Fsp3) is 0.667. The molecule has 0 aliphatic heterocycles. The second kappa shape index (κ2) is 9.02. The molecule has 2 nitrogen and oxygen atoms in total. The fourth-order valence-corrected chi connectivity index (χ4v) is 2.05. The Morgan fingerprint density at radius 2 is 1.90 bits per heavy atom. The van der Waals surface area contributed by atoms with Crippen LogP contribution in [0.2, 0.25) is 0 Å². The second-order valence-corrected chi connectivity index (χ2v) is 6.72. The van der Waals surface area contributed by atoms with Gasteiger partial charge in [-0.1, -0.05) is 59.1 Å². The standard InChI is InChI=1S/C18H31NO/c1-5-6-7-8-12-20-17-11-9-10-16(13-17)14-19-15-18(2,3)4/h9-11,13,19H,5-8,12,14-15H2,1-4H3. The summed E-state index contributed by atoms with van der Waals surface area (Å²) in [5, 5.41) is 3.50. The summed E-state index contributed by atoms with van der Waals surface area (Å²) >= 11 is 0. The van der Waals surface area contributed by atoms with Gasteiger partial charge in [0, 0.05) is 13.1 Å². The zero-order chi connectivity index (χ0) is 14.8. The van der Waals surface area contributed by atoms with E-state index in [2.05, 4.69) is 51.2 Å². The molecule has 0 aromatic heterocycles. The van der Waals surface area contributed by atoms with Crippen molar-refractivity contribution in [2.45, 2.75) is 59.9 Å². The van der Waals surface area contributed by atoms with E-state index in [4.69, 9.17) is 4.74 Å². The average molecular weight is 277 g/mol. The number of nitrogens with one attached hydrogen (secondary N) is 1. The van der Waals surface area contributed by atoms with Crippen molar-refractivity contribution < 1.29 is 4.74 Å². The molecule has 1 rings (SSSR count). The van der Waals surface area contributed by atoms with Crippen LogP contribution in [-0.4, -0.2) is 13.2 Å². The van der Waals surface area contributed by atoms with Crippen molar-refractivity contribution >= 4 is 0 Å². The molecule has 1 aromatic rings. The maximum atomic E-state index is 5.81. The highest BCUT2D eigenvalue weighted by Crippen LogP contribution is 2.15. The number of hydrogen-bond acceptors (Lipinski definition) is 2. The van der Waals surface area contributed by atoms with Gasteiger partial charge in [0.25, 0.3) is 0 Å². The van der Waals surface area contributed by atoms with Gasteiger partial charge in [-0.2, -0.15) is 0 Å². The van der Waals surface area contributed by atoms with Gasteiger partial charge in [0.15, 0.2) is 0 Å². The van der Waals surface area contributed by atoms with Crippen LogP contribution >= 0.6 is 0 Å². The number of unbranched alkanes of at least 4 members (excludes halogenated alkanes) is 3. The molecule has 0 bridgehead atoms. The van der Waals surface area contributed by atoms with Gasteiger partial charge >= 0.3 is 0 Å². The third-order valence-corrected chi connectivity index (χ3v) is 3.15. The molecule has 2 heteroatoms. The highest BCUT2D eigenvalue weighted by Gasteiger charge is 2.08. The van der Waals surface area contributed by atoms with E-state index in [1.54, 1.807) is 0 Å². The Morgan fingerprint density at radius 3 is 2.60 bits per heavy atom. The molecule has 0 radical (unpaired) electrons. The topological polar surface area (TPSA) is 21.3 Å². The highest BCUT2D eigenvalue weighted by atomic mass is 16.5. The molecule has 0 aliphatic rings.